The smallest absolute Gasteiger partial charge is 0.272 e. The molecule has 1 saturated heterocycles. The van der Waals surface area contributed by atoms with E-state index in [9.17, 15) is 4.79 Å². The van der Waals surface area contributed by atoms with Crippen LogP contribution >= 0.6 is 0 Å². The lowest BCUT2D eigenvalue weighted by molar-refractivity contribution is 0.0162. The third-order valence-electron chi connectivity index (χ3n) is 5.13. The number of aromatic amines is 1. The average molecular weight is 380 g/mol. The van der Waals surface area contributed by atoms with Gasteiger partial charge in [-0.05, 0) is 23.8 Å². The van der Waals surface area contributed by atoms with Crippen LogP contribution in [-0.4, -0.2) is 61.0 Å². The van der Waals surface area contributed by atoms with Gasteiger partial charge in [0, 0.05) is 25.0 Å². The third-order valence-corrected chi connectivity index (χ3v) is 5.13. The number of methoxy groups -OCH3 is 1. The van der Waals surface area contributed by atoms with Crippen LogP contribution in [0.4, 0.5) is 0 Å². The minimum Gasteiger partial charge on any atom is -0.497 e. The lowest BCUT2D eigenvalue weighted by Gasteiger charge is -2.35. The number of hydrogen-bond acceptors (Lipinski definition) is 5. The van der Waals surface area contributed by atoms with Gasteiger partial charge in [-0.3, -0.25) is 14.8 Å². The summed E-state index contributed by atoms with van der Waals surface area (Å²) in [4.78, 5) is 15.1. The lowest BCUT2D eigenvalue weighted by Crippen LogP contribution is -2.43. The van der Waals surface area contributed by atoms with Crippen molar-refractivity contribution in [2.75, 3.05) is 40.0 Å². The Morgan fingerprint density at radius 3 is 2.71 bits per heavy atom. The molecule has 1 atom stereocenters. The Labute approximate surface area is 163 Å². The molecule has 4 rings (SSSR count). The zero-order valence-electron chi connectivity index (χ0n) is 15.9. The van der Waals surface area contributed by atoms with Crippen LogP contribution in [0.5, 0.6) is 5.75 Å². The number of ether oxygens (including phenoxy) is 2. The summed E-state index contributed by atoms with van der Waals surface area (Å²) >= 11 is 0. The van der Waals surface area contributed by atoms with Crippen molar-refractivity contribution in [2.45, 2.75) is 6.04 Å². The number of morpholine rings is 1. The Bertz CT molecular complexity index is 932. The van der Waals surface area contributed by atoms with Gasteiger partial charge in [-0.25, -0.2) is 0 Å². The van der Waals surface area contributed by atoms with E-state index < -0.39 is 0 Å². The van der Waals surface area contributed by atoms with E-state index in [1.54, 1.807) is 7.11 Å². The molecule has 0 unspecified atom stereocenters. The Morgan fingerprint density at radius 1 is 1.21 bits per heavy atom. The van der Waals surface area contributed by atoms with Gasteiger partial charge >= 0.3 is 0 Å². The standard InChI is InChI=1S/C21H24N4O3/c1-27-16-8-6-15(7-9-16)19(25-10-12-28-13-11-25)14-22-21(26)20-17-4-2-3-5-18(17)23-24-20/h2-9,19H,10-14H2,1H3,(H,22,26)(H,23,24)/t19-/m0/s1. The normalized spacial score (nSPS) is 16.0. The number of carbonyl (C=O) groups excluding carboxylic acids is 1. The van der Waals surface area contributed by atoms with Gasteiger partial charge in [0.15, 0.2) is 5.69 Å². The predicted octanol–water partition coefficient (Wildman–Crippen LogP) is 2.37. The molecule has 0 saturated carbocycles. The number of nitrogens with one attached hydrogen (secondary N) is 2. The highest BCUT2D eigenvalue weighted by Crippen LogP contribution is 2.24. The minimum absolute atomic E-state index is 0.0592. The number of nitrogens with zero attached hydrogens (tertiary/aromatic N) is 2. The first-order valence-corrected chi connectivity index (χ1v) is 9.43. The van der Waals surface area contributed by atoms with Crippen molar-refractivity contribution in [1.82, 2.24) is 20.4 Å². The Morgan fingerprint density at radius 2 is 1.96 bits per heavy atom. The van der Waals surface area contributed by atoms with Crippen molar-refractivity contribution in [3.8, 4) is 5.75 Å². The molecule has 1 aromatic heterocycles. The van der Waals surface area contributed by atoms with E-state index in [0.29, 0.717) is 25.5 Å². The van der Waals surface area contributed by atoms with E-state index in [2.05, 4.69) is 32.5 Å². The third kappa shape index (κ3) is 3.85. The molecular formula is C21H24N4O3. The summed E-state index contributed by atoms with van der Waals surface area (Å²) in [5, 5.41) is 11.0. The van der Waals surface area contributed by atoms with Crippen LogP contribution in [0, 0.1) is 0 Å². The maximum Gasteiger partial charge on any atom is 0.272 e. The zero-order chi connectivity index (χ0) is 19.3. The number of fused-ring (bicyclic) bond motifs is 1. The molecular weight excluding hydrogens is 356 g/mol. The first kappa shape index (κ1) is 18.5. The van der Waals surface area contributed by atoms with Crippen LogP contribution in [0.15, 0.2) is 48.5 Å². The molecule has 7 nitrogen and oxygen atoms in total. The number of hydrogen-bond donors (Lipinski definition) is 2. The maximum atomic E-state index is 12.8. The second-order valence-corrected chi connectivity index (χ2v) is 6.77. The van der Waals surface area contributed by atoms with Gasteiger partial charge in [-0.2, -0.15) is 5.10 Å². The van der Waals surface area contributed by atoms with Crippen molar-refractivity contribution in [3.63, 3.8) is 0 Å². The van der Waals surface area contributed by atoms with Crippen LogP contribution in [0.3, 0.4) is 0 Å². The van der Waals surface area contributed by atoms with Gasteiger partial charge in [0.1, 0.15) is 5.75 Å². The molecule has 1 aliphatic rings. The molecule has 2 heterocycles. The van der Waals surface area contributed by atoms with Gasteiger partial charge < -0.3 is 14.8 Å². The SMILES string of the molecule is COc1ccc([C@H](CNC(=O)c2n[nH]c3ccccc23)N2CCOCC2)cc1. The van der Waals surface area contributed by atoms with Crippen molar-refractivity contribution in [2.24, 2.45) is 0 Å². The van der Waals surface area contributed by atoms with Crippen molar-refractivity contribution >= 4 is 16.8 Å². The lowest BCUT2D eigenvalue weighted by atomic mass is 10.0. The molecule has 146 valence electrons. The largest absolute Gasteiger partial charge is 0.497 e. The average Bonchev–Trinajstić information content (AvgIpc) is 3.19. The summed E-state index contributed by atoms with van der Waals surface area (Å²) in [5.74, 6) is 0.640. The topological polar surface area (TPSA) is 79.5 Å². The quantitative estimate of drug-likeness (QED) is 0.686. The fraction of sp³-hybridized carbons (Fsp3) is 0.333. The highest BCUT2D eigenvalue weighted by molar-refractivity contribution is 6.04. The van der Waals surface area contributed by atoms with Crippen LogP contribution in [0.1, 0.15) is 22.1 Å². The molecule has 1 amide bonds. The van der Waals surface area contributed by atoms with Crippen molar-refractivity contribution in [1.29, 1.82) is 0 Å². The van der Waals surface area contributed by atoms with E-state index >= 15 is 0 Å². The molecule has 0 radical (unpaired) electrons. The Balaban J connectivity index is 1.52. The number of aromatic nitrogens is 2. The van der Waals surface area contributed by atoms with Crippen LogP contribution < -0.4 is 10.1 Å². The van der Waals surface area contributed by atoms with Crippen molar-refractivity contribution < 1.29 is 14.3 Å². The number of amides is 1. The summed E-state index contributed by atoms with van der Waals surface area (Å²) in [6, 6.07) is 15.7. The Kier molecular flexibility index (Phi) is 5.55. The molecule has 0 aliphatic carbocycles. The second kappa shape index (κ2) is 8.41. The highest BCUT2D eigenvalue weighted by atomic mass is 16.5. The fourth-order valence-electron chi connectivity index (χ4n) is 3.58. The zero-order valence-corrected chi connectivity index (χ0v) is 15.9. The van der Waals surface area contributed by atoms with Crippen LogP contribution in [0.25, 0.3) is 10.9 Å². The van der Waals surface area contributed by atoms with Gasteiger partial charge in [-0.1, -0.05) is 30.3 Å². The molecule has 0 spiro atoms. The summed E-state index contributed by atoms with van der Waals surface area (Å²) in [6.07, 6.45) is 0. The predicted molar refractivity (Wildman–Crippen MR) is 107 cm³/mol. The number of carbonyl (C=O) groups is 1. The van der Waals surface area contributed by atoms with Gasteiger partial charge in [0.25, 0.3) is 5.91 Å². The summed E-state index contributed by atoms with van der Waals surface area (Å²) < 4.78 is 10.8. The van der Waals surface area contributed by atoms with E-state index in [0.717, 1.165) is 35.3 Å². The van der Waals surface area contributed by atoms with Crippen LogP contribution in [0.2, 0.25) is 0 Å². The molecule has 1 aliphatic heterocycles. The van der Waals surface area contributed by atoms with E-state index in [1.165, 1.54) is 0 Å². The number of benzene rings is 2. The van der Waals surface area contributed by atoms with E-state index in [-0.39, 0.29) is 11.9 Å². The summed E-state index contributed by atoms with van der Waals surface area (Å²) in [5.41, 5.74) is 2.41. The fourth-order valence-corrected chi connectivity index (χ4v) is 3.58. The molecule has 2 N–H and O–H groups in total. The number of para-hydroxylation sites is 1. The number of rotatable bonds is 6. The number of H-pyrrole nitrogens is 1. The van der Waals surface area contributed by atoms with Crippen molar-refractivity contribution in [3.05, 3.63) is 59.8 Å². The first-order chi connectivity index (χ1) is 13.8. The Hall–Kier alpha value is -2.90. The highest BCUT2D eigenvalue weighted by Gasteiger charge is 2.24. The van der Waals surface area contributed by atoms with Gasteiger partial charge in [0.05, 0.1) is 31.9 Å². The summed E-state index contributed by atoms with van der Waals surface area (Å²) in [7, 11) is 1.66. The minimum atomic E-state index is -0.177. The molecule has 0 bridgehead atoms. The monoisotopic (exact) mass is 380 g/mol. The molecule has 7 heteroatoms. The summed E-state index contributed by atoms with van der Waals surface area (Å²) in [6.45, 7) is 3.55. The second-order valence-electron chi connectivity index (χ2n) is 6.77. The van der Waals surface area contributed by atoms with Gasteiger partial charge in [0.2, 0.25) is 0 Å². The molecule has 2 aromatic carbocycles. The molecule has 1 fully saturated rings. The molecule has 28 heavy (non-hydrogen) atoms. The van der Waals surface area contributed by atoms with E-state index in [4.69, 9.17) is 9.47 Å². The van der Waals surface area contributed by atoms with Crippen LogP contribution in [-0.2, 0) is 4.74 Å². The van der Waals surface area contributed by atoms with Gasteiger partial charge in [-0.15, -0.1) is 0 Å². The van der Waals surface area contributed by atoms with E-state index in [1.807, 2.05) is 36.4 Å². The molecule has 3 aromatic rings. The maximum absolute atomic E-state index is 12.8. The first-order valence-electron chi connectivity index (χ1n) is 9.43.